The van der Waals surface area contributed by atoms with Gasteiger partial charge in [-0.1, -0.05) is 12.1 Å². The van der Waals surface area contributed by atoms with Gasteiger partial charge in [0.1, 0.15) is 11.3 Å². The van der Waals surface area contributed by atoms with Gasteiger partial charge in [0.15, 0.2) is 17.2 Å². The molecule has 1 amide bonds. The van der Waals surface area contributed by atoms with Crippen LogP contribution in [0.1, 0.15) is 23.3 Å². The number of nitrogens with one attached hydrogen (secondary N) is 1. The molecule has 134 valence electrons. The van der Waals surface area contributed by atoms with E-state index in [0.717, 1.165) is 12.8 Å². The Balaban J connectivity index is 1.93. The number of hydrogen-bond acceptors (Lipinski definition) is 5. The molecule has 0 bridgehead atoms. The lowest BCUT2D eigenvalue weighted by molar-refractivity contribution is 0.0970. The summed E-state index contributed by atoms with van der Waals surface area (Å²) in [7, 11) is 0. The fraction of sp³-hybridized carbons (Fsp3) is 0.294. The number of fused-ring (bicyclic) bond motifs is 1. The average Bonchev–Trinajstić information content (AvgIpc) is 3.23. The number of hydrogen-bond donors (Lipinski definition) is 2. The first-order chi connectivity index (χ1) is 12.5. The molecule has 2 aromatic heterocycles. The van der Waals surface area contributed by atoms with E-state index in [9.17, 15) is 14.0 Å². The number of imidazole rings is 1. The van der Waals surface area contributed by atoms with Crippen LogP contribution >= 0.6 is 0 Å². The van der Waals surface area contributed by atoms with Crippen LogP contribution in [0.4, 0.5) is 4.39 Å². The standard InChI is InChI=1S/C17H16FN5O3/c18-11-6-2-1-5-10(11)15-20-12(14(19)24)13-16(22-15)23(17(25)21-13)8-9-4-3-7-26-9/h1-2,5-6,9H,3-4,7-8H2,(H2,19,24)(H,21,25). The summed E-state index contributed by atoms with van der Waals surface area (Å²) in [5, 5.41) is 0. The van der Waals surface area contributed by atoms with E-state index in [1.165, 1.54) is 22.8 Å². The van der Waals surface area contributed by atoms with E-state index in [1.54, 1.807) is 6.07 Å². The first kappa shape index (κ1) is 16.4. The van der Waals surface area contributed by atoms with Crippen molar-refractivity contribution in [2.24, 2.45) is 5.73 Å². The van der Waals surface area contributed by atoms with Gasteiger partial charge in [-0.15, -0.1) is 0 Å². The van der Waals surface area contributed by atoms with Gasteiger partial charge in [-0.25, -0.2) is 19.2 Å². The van der Waals surface area contributed by atoms with Crippen molar-refractivity contribution in [3.05, 3.63) is 46.3 Å². The molecule has 0 radical (unpaired) electrons. The quantitative estimate of drug-likeness (QED) is 0.728. The number of ether oxygens (including phenoxy) is 1. The fourth-order valence-electron chi connectivity index (χ4n) is 3.13. The number of carbonyl (C=O) groups is 1. The first-order valence-corrected chi connectivity index (χ1v) is 8.21. The Bertz CT molecular complexity index is 1050. The minimum atomic E-state index is -0.833. The molecule has 1 atom stereocenters. The largest absolute Gasteiger partial charge is 0.376 e. The van der Waals surface area contributed by atoms with Crippen LogP contribution in [0, 0.1) is 5.82 Å². The lowest BCUT2D eigenvalue weighted by Crippen LogP contribution is -2.24. The van der Waals surface area contributed by atoms with E-state index in [2.05, 4.69) is 15.0 Å². The van der Waals surface area contributed by atoms with Gasteiger partial charge in [0.05, 0.1) is 18.2 Å². The second-order valence-corrected chi connectivity index (χ2v) is 6.11. The Morgan fingerprint density at radius 1 is 1.38 bits per heavy atom. The summed E-state index contributed by atoms with van der Waals surface area (Å²) in [5.41, 5.74) is 5.27. The van der Waals surface area contributed by atoms with Gasteiger partial charge in [0, 0.05) is 6.61 Å². The molecule has 0 saturated carbocycles. The normalized spacial score (nSPS) is 17.0. The Kier molecular flexibility index (Phi) is 4.00. The number of primary amides is 1. The monoisotopic (exact) mass is 357 g/mol. The molecule has 0 spiro atoms. The third-order valence-electron chi connectivity index (χ3n) is 4.38. The highest BCUT2D eigenvalue weighted by atomic mass is 19.1. The highest BCUT2D eigenvalue weighted by Gasteiger charge is 2.23. The molecule has 3 N–H and O–H groups in total. The molecule has 1 fully saturated rings. The molecule has 26 heavy (non-hydrogen) atoms. The van der Waals surface area contributed by atoms with Crippen LogP contribution in [-0.4, -0.2) is 38.1 Å². The molecule has 1 aliphatic rings. The van der Waals surface area contributed by atoms with Gasteiger partial charge in [-0.05, 0) is 25.0 Å². The van der Waals surface area contributed by atoms with E-state index in [1.807, 2.05) is 0 Å². The zero-order chi connectivity index (χ0) is 18.3. The smallest absolute Gasteiger partial charge is 0.327 e. The minimum absolute atomic E-state index is 0.00973. The number of amides is 1. The summed E-state index contributed by atoms with van der Waals surface area (Å²) in [6.45, 7) is 0.925. The van der Waals surface area contributed by atoms with Gasteiger partial charge >= 0.3 is 5.69 Å². The molecular formula is C17H16FN5O3. The van der Waals surface area contributed by atoms with E-state index in [0.29, 0.717) is 6.61 Å². The van der Waals surface area contributed by atoms with Crippen LogP contribution in [0.2, 0.25) is 0 Å². The van der Waals surface area contributed by atoms with Gasteiger partial charge in [0.25, 0.3) is 5.91 Å². The number of benzene rings is 1. The molecule has 4 rings (SSSR count). The van der Waals surface area contributed by atoms with Crippen LogP contribution < -0.4 is 11.4 Å². The topological polar surface area (TPSA) is 116 Å². The number of aromatic amines is 1. The second kappa shape index (κ2) is 6.34. The fourth-order valence-corrected chi connectivity index (χ4v) is 3.13. The Labute approximate surface area is 146 Å². The van der Waals surface area contributed by atoms with Crippen molar-refractivity contribution < 1.29 is 13.9 Å². The van der Waals surface area contributed by atoms with E-state index >= 15 is 0 Å². The lowest BCUT2D eigenvalue weighted by atomic mass is 10.2. The zero-order valence-electron chi connectivity index (χ0n) is 13.7. The summed E-state index contributed by atoms with van der Waals surface area (Å²) in [5.74, 6) is -1.38. The maximum Gasteiger partial charge on any atom is 0.327 e. The number of rotatable bonds is 4. The van der Waals surface area contributed by atoms with Crippen LogP contribution in [-0.2, 0) is 11.3 Å². The number of H-pyrrole nitrogens is 1. The molecule has 1 saturated heterocycles. The van der Waals surface area contributed by atoms with Gasteiger partial charge in [0.2, 0.25) is 0 Å². The van der Waals surface area contributed by atoms with Gasteiger partial charge < -0.3 is 15.5 Å². The molecule has 1 unspecified atom stereocenters. The highest BCUT2D eigenvalue weighted by Crippen LogP contribution is 2.23. The number of halogens is 1. The van der Waals surface area contributed by atoms with E-state index < -0.39 is 17.4 Å². The van der Waals surface area contributed by atoms with Crippen molar-refractivity contribution in [2.45, 2.75) is 25.5 Å². The van der Waals surface area contributed by atoms with E-state index in [-0.39, 0.29) is 40.9 Å². The first-order valence-electron chi connectivity index (χ1n) is 8.21. The number of carbonyl (C=O) groups excluding carboxylic acids is 1. The SMILES string of the molecule is NC(=O)c1nc(-c2ccccc2F)nc2c1[nH]c(=O)n2CC1CCCO1. The molecule has 1 aromatic carbocycles. The van der Waals surface area contributed by atoms with Gasteiger partial charge in [-0.3, -0.25) is 9.36 Å². The third-order valence-corrected chi connectivity index (χ3v) is 4.38. The summed E-state index contributed by atoms with van der Waals surface area (Å²) in [6, 6.07) is 5.93. The molecule has 3 heterocycles. The Morgan fingerprint density at radius 3 is 2.88 bits per heavy atom. The summed E-state index contributed by atoms with van der Waals surface area (Å²) in [4.78, 5) is 35.2. The van der Waals surface area contributed by atoms with Crippen LogP contribution in [0.25, 0.3) is 22.6 Å². The maximum atomic E-state index is 14.1. The average molecular weight is 357 g/mol. The van der Waals surface area contributed by atoms with E-state index in [4.69, 9.17) is 10.5 Å². The van der Waals surface area contributed by atoms with Crippen LogP contribution in [0.5, 0.6) is 0 Å². The third kappa shape index (κ3) is 2.76. The van der Waals surface area contributed by atoms with Crippen molar-refractivity contribution in [3.63, 3.8) is 0 Å². The molecule has 3 aromatic rings. The Hall–Kier alpha value is -3.07. The molecule has 0 aliphatic carbocycles. The highest BCUT2D eigenvalue weighted by molar-refractivity contribution is 6.01. The zero-order valence-corrected chi connectivity index (χ0v) is 13.7. The van der Waals surface area contributed by atoms with Crippen molar-refractivity contribution in [1.29, 1.82) is 0 Å². The van der Waals surface area contributed by atoms with Crippen LogP contribution in [0.15, 0.2) is 29.1 Å². The molecule has 8 nitrogen and oxygen atoms in total. The summed E-state index contributed by atoms with van der Waals surface area (Å²) in [6.07, 6.45) is 1.63. The molecule has 9 heteroatoms. The predicted octanol–water partition coefficient (Wildman–Crippen LogP) is 1.20. The minimum Gasteiger partial charge on any atom is -0.376 e. The predicted molar refractivity (Wildman–Crippen MR) is 91.0 cm³/mol. The van der Waals surface area contributed by atoms with Crippen molar-refractivity contribution >= 4 is 17.1 Å². The van der Waals surface area contributed by atoms with Crippen molar-refractivity contribution in [3.8, 4) is 11.4 Å². The van der Waals surface area contributed by atoms with Gasteiger partial charge in [-0.2, -0.15) is 0 Å². The summed E-state index contributed by atoms with van der Waals surface area (Å²) >= 11 is 0. The number of aromatic nitrogens is 4. The second-order valence-electron chi connectivity index (χ2n) is 6.11. The number of nitrogens with two attached hydrogens (primary N) is 1. The maximum absolute atomic E-state index is 14.1. The van der Waals surface area contributed by atoms with Crippen LogP contribution in [0.3, 0.4) is 0 Å². The Morgan fingerprint density at radius 2 is 2.19 bits per heavy atom. The molecule has 1 aliphatic heterocycles. The van der Waals surface area contributed by atoms with Crippen molar-refractivity contribution in [2.75, 3.05) is 6.61 Å². The van der Waals surface area contributed by atoms with Crippen molar-refractivity contribution in [1.82, 2.24) is 19.5 Å². The lowest BCUT2D eigenvalue weighted by Gasteiger charge is -2.10. The summed E-state index contributed by atoms with van der Waals surface area (Å²) < 4.78 is 21.1. The number of nitrogens with zero attached hydrogens (tertiary/aromatic N) is 3. The molecular weight excluding hydrogens is 341 g/mol.